The molecule has 6 nitrogen and oxygen atoms in total. The summed E-state index contributed by atoms with van der Waals surface area (Å²) in [4.78, 5) is 25.3. The maximum atomic E-state index is 12.9. The summed E-state index contributed by atoms with van der Waals surface area (Å²) in [5.74, 6) is 0.236. The molecule has 0 spiro atoms. The molecule has 7 heteroatoms. The van der Waals surface area contributed by atoms with E-state index in [9.17, 15) is 9.59 Å². The molecule has 0 N–H and O–H groups in total. The zero-order valence-electron chi connectivity index (χ0n) is 16.4. The Balaban J connectivity index is 1.61. The molecule has 2 aromatic carbocycles. The zero-order valence-corrected chi connectivity index (χ0v) is 17.2. The Bertz CT molecular complexity index is 1250. The van der Waals surface area contributed by atoms with Gasteiger partial charge in [0.05, 0.1) is 5.75 Å². The van der Waals surface area contributed by atoms with Crippen molar-refractivity contribution in [2.75, 3.05) is 5.75 Å². The van der Waals surface area contributed by atoms with Crippen LogP contribution in [0.4, 0.5) is 0 Å². The summed E-state index contributed by atoms with van der Waals surface area (Å²) in [6.45, 7) is 5.98. The summed E-state index contributed by atoms with van der Waals surface area (Å²) in [5.41, 5.74) is 4.71. The summed E-state index contributed by atoms with van der Waals surface area (Å²) in [6, 6.07) is 13.4. The second-order valence-corrected chi connectivity index (χ2v) is 8.02. The lowest BCUT2D eigenvalue weighted by molar-refractivity contribution is 0.102. The first-order valence-corrected chi connectivity index (χ1v) is 10.2. The molecule has 0 aliphatic heterocycles. The number of rotatable bonds is 5. The Labute approximate surface area is 172 Å². The third-order valence-electron chi connectivity index (χ3n) is 4.63. The van der Waals surface area contributed by atoms with E-state index in [-0.39, 0.29) is 22.7 Å². The largest absolute Gasteiger partial charge is 0.300 e. The predicted molar refractivity (Wildman–Crippen MR) is 114 cm³/mol. The quantitative estimate of drug-likeness (QED) is 0.374. The third kappa shape index (κ3) is 3.86. The lowest BCUT2D eigenvalue weighted by atomic mass is 10.1. The number of fused-ring (bicyclic) bond motifs is 1. The van der Waals surface area contributed by atoms with E-state index in [1.165, 1.54) is 11.8 Å². The Morgan fingerprint density at radius 2 is 1.62 bits per heavy atom. The topological polar surface area (TPSA) is 69.3 Å². The van der Waals surface area contributed by atoms with Crippen molar-refractivity contribution < 1.29 is 4.79 Å². The molecule has 0 unspecified atom stereocenters. The Kier molecular flexibility index (Phi) is 5.07. The van der Waals surface area contributed by atoms with Crippen molar-refractivity contribution in [3.05, 3.63) is 87.5 Å². The van der Waals surface area contributed by atoms with Crippen LogP contribution in [0.3, 0.4) is 0 Å². The molecular weight excluding hydrogens is 384 g/mol. The minimum atomic E-state index is -0.248. The Morgan fingerprint density at radius 3 is 2.31 bits per heavy atom. The number of aromatic nitrogens is 4. The van der Waals surface area contributed by atoms with Crippen molar-refractivity contribution in [1.82, 2.24) is 19.2 Å². The second kappa shape index (κ2) is 7.67. The summed E-state index contributed by atoms with van der Waals surface area (Å²) >= 11 is 1.27. The number of carbonyl (C=O) groups is 1. The first-order valence-electron chi connectivity index (χ1n) is 9.20. The number of benzene rings is 2. The van der Waals surface area contributed by atoms with Gasteiger partial charge in [-0.15, -0.1) is 10.2 Å². The molecular formula is C22H20N4O2S. The smallest absolute Gasteiger partial charge is 0.293 e. The summed E-state index contributed by atoms with van der Waals surface area (Å²) in [5, 5.41) is 8.69. The normalized spacial score (nSPS) is 11.1. The summed E-state index contributed by atoms with van der Waals surface area (Å²) in [6.07, 6.45) is 3.46. The van der Waals surface area contributed by atoms with Gasteiger partial charge in [-0.1, -0.05) is 47.7 Å². The lowest BCUT2D eigenvalue weighted by Gasteiger charge is -2.08. The van der Waals surface area contributed by atoms with Gasteiger partial charge in [-0.25, -0.2) is 0 Å². The van der Waals surface area contributed by atoms with Gasteiger partial charge < -0.3 is 0 Å². The maximum Gasteiger partial charge on any atom is 0.300 e. The Morgan fingerprint density at radius 1 is 0.931 bits per heavy atom. The van der Waals surface area contributed by atoms with E-state index in [0.717, 1.165) is 22.4 Å². The van der Waals surface area contributed by atoms with Gasteiger partial charge in [-0.3, -0.25) is 18.6 Å². The van der Waals surface area contributed by atoms with E-state index >= 15 is 0 Å². The van der Waals surface area contributed by atoms with Crippen molar-refractivity contribution in [3.8, 4) is 5.69 Å². The minimum Gasteiger partial charge on any atom is -0.293 e. The maximum absolute atomic E-state index is 12.9. The van der Waals surface area contributed by atoms with Gasteiger partial charge in [0.2, 0.25) is 5.65 Å². The summed E-state index contributed by atoms with van der Waals surface area (Å²) < 4.78 is 3.20. The van der Waals surface area contributed by atoms with Crippen molar-refractivity contribution in [3.63, 3.8) is 0 Å². The van der Waals surface area contributed by atoms with Crippen LogP contribution in [0.5, 0.6) is 0 Å². The highest BCUT2D eigenvalue weighted by Gasteiger charge is 2.14. The average Bonchev–Trinajstić information content (AvgIpc) is 3.10. The van der Waals surface area contributed by atoms with Crippen LogP contribution in [0.1, 0.15) is 27.0 Å². The van der Waals surface area contributed by atoms with E-state index in [1.54, 1.807) is 21.4 Å². The SMILES string of the molecule is Cc1ccc(C(=O)CSc2nnc3c(=O)n(-c4cc(C)cc(C)c4)ccn23)cc1. The van der Waals surface area contributed by atoms with Crippen LogP contribution in [0.2, 0.25) is 0 Å². The van der Waals surface area contributed by atoms with E-state index < -0.39 is 0 Å². The molecule has 0 amide bonds. The van der Waals surface area contributed by atoms with E-state index in [2.05, 4.69) is 16.3 Å². The monoisotopic (exact) mass is 404 g/mol. The molecule has 0 fully saturated rings. The fourth-order valence-electron chi connectivity index (χ4n) is 3.21. The number of carbonyl (C=O) groups excluding carboxylic acids is 1. The van der Waals surface area contributed by atoms with Crippen molar-refractivity contribution in [2.24, 2.45) is 0 Å². The highest BCUT2D eigenvalue weighted by atomic mass is 32.2. The fourth-order valence-corrected chi connectivity index (χ4v) is 4.02. The van der Waals surface area contributed by atoms with E-state index in [4.69, 9.17) is 0 Å². The fraction of sp³-hybridized carbons (Fsp3) is 0.182. The van der Waals surface area contributed by atoms with Crippen LogP contribution in [-0.4, -0.2) is 30.7 Å². The molecule has 0 saturated heterocycles. The van der Waals surface area contributed by atoms with Gasteiger partial charge in [-0.05, 0) is 44.0 Å². The van der Waals surface area contributed by atoms with Crippen LogP contribution in [-0.2, 0) is 0 Å². The highest BCUT2D eigenvalue weighted by molar-refractivity contribution is 7.99. The molecule has 4 rings (SSSR count). The van der Waals surface area contributed by atoms with Gasteiger partial charge in [-0.2, -0.15) is 0 Å². The van der Waals surface area contributed by atoms with Gasteiger partial charge >= 0.3 is 5.56 Å². The molecule has 4 aromatic rings. The molecule has 0 radical (unpaired) electrons. The molecule has 0 atom stereocenters. The van der Waals surface area contributed by atoms with Crippen LogP contribution in [0.15, 0.2) is 64.8 Å². The third-order valence-corrected chi connectivity index (χ3v) is 5.57. The standard InChI is InChI=1S/C22H20N4O2S/c1-14-4-6-17(7-5-14)19(27)13-29-22-24-23-20-21(28)25(8-9-26(20)22)18-11-15(2)10-16(3)12-18/h4-12H,13H2,1-3H3. The molecule has 2 aromatic heterocycles. The molecule has 0 aliphatic rings. The van der Waals surface area contributed by atoms with Gasteiger partial charge in [0.25, 0.3) is 0 Å². The van der Waals surface area contributed by atoms with Crippen LogP contribution < -0.4 is 5.56 Å². The number of Topliss-reactive ketones (excluding diaryl/α,β-unsaturated/α-hetero) is 1. The van der Waals surface area contributed by atoms with E-state index in [0.29, 0.717) is 10.7 Å². The first kappa shape index (κ1) is 19.1. The van der Waals surface area contributed by atoms with Gasteiger partial charge in [0.15, 0.2) is 10.9 Å². The Hall–Kier alpha value is -3.19. The minimum absolute atomic E-state index is 0.00956. The zero-order chi connectivity index (χ0) is 20.5. The number of thioether (sulfide) groups is 1. The molecule has 2 heterocycles. The number of hydrogen-bond acceptors (Lipinski definition) is 5. The average molecular weight is 404 g/mol. The van der Waals surface area contributed by atoms with Crippen molar-refractivity contribution in [1.29, 1.82) is 0 Å². The van der Waals surface area contributed by atoms with Crippen LogP contribution >= 0.6 is 11.8 Å². The van der Waals surface area contributed by atoms with Crippen molar-refractivity contribution >= 4 is 23.2 Å². The number of hydrogen-bond donors (Lipinski definition) is 0. The number of ketones is 1. The number of aryl methyl sites for hydroxylation is 3. The van der Waals surface area contributed by atoms with Crippen molar-refractivity contribution in [2.45, 2.75) is 25.9 Å². The molecule has 29 heavy (non-hydrogen) atoms. The van der Waals surface area contributed by atoms with Gasteiger partial charge in [0.1, 0.15) is 0 Å². The van der Waals surface area contributed by atoms with E-state index in [1.807, 2.05) is 57.2 Å². The molecule has 0 bridgehead atoms. The molecule has 146 valence electrons. The number of nitrogens with zero attached hydrogens (tertiary/aromatic N) is 4. The van der Waals surface area contributed by atoms with Gasteiger partial charge in [0, 0.05) is 23.6 Å². The first-order chi connectivity index (χ1) is 13.9. The molecule has 0 saturated carbocycles. The van der Waals surface area contributed by atoms with Crippen LogP contribution in [0.25, 0.3) is 11.3 Å². The lowest BCUT2D eigenvalue weighted by Crippen LogP contribution is -2.20. The van der Waals surface area contributed by atoms with Crippen LogP contribution in [0, 0.1) is 20.8 Å². The molecule has 0 aliphatic carbocycles. The second-order valence-electron chi connectivity index (χ2n) is 7.07. The summed E-state index contributed by atoms with van der Waals surface area (Å²) in [7, 11) is 0. The predicted octanol–water partition coefficient (Wildman–Crippen LogP) is 3.78. The highest BCUT2D eigenvalue weighted by Crippen LogP contribution is 2.18.